The van der Waals surface area contributed by atoms with Crippen molar-refractivity contribution in [2.75, 3.05) is 0 Å². The van der Waals surface area contributed by atoms with Gasteiger partial charge in [-0.2, -0.15) is 0 Å². The van der Waals surface area contributed by atoms with Crippen molar-refractivity contribution in [3.63, 3.8) is 0 Å². The summed E-state index contributed by atoms with van der Waals surface area (Å²) in [5.41, 5.74) is -0.285. The molecule has 0 spiro atoms. The Morgan fingerprint density at radius 3 is 2.47 bits per heavy atom. The van der Waals surface area contributed by atoms with Crippen molar-refractivity contribution in [1.29, 1.82) is 0 Å². The molecule has 0 N–H and O–H groups in total. The molecule has 0 radical (unpaired) electrons. The lowest BCUT2D eigenvalue weighted by Gasteiger charge is -2.49. The predicted molar refractivity (Wildman–Crippen MR) is 61.3 cm³/mol. The number of rotatable bonds is 2. The molecule has 2 nitrogen and oxygen atoms in total. The molecule has 1 heterocycles. The van der Waals surface area contributed by atoms with Crippen molar-refractivity contribution < 1.29 is 9.47 Å². The monoisotopic (exact) mass is 208 g/mol. The van der Waals surface area contributed by atoms with E-state index in [9.17, 15) is 0 Å². The molecule has 1 rings (SSSR count). The van der Waals surface area contributed by atoms with E-state index in [0.717, 1.165) is 0 Å². The molecule has 0 aromatic rings. The van der Waals surface area contributed by atoms with E-state index >= 15 is 0 Å². The van der Waals surface area contributed by atoms with Gasteiger partial charge in [0.15, 0.2) is 5.79 Å². The molecular formula is C13H20O2. The van der Waals surface area contributed by atoms with Gasteiger partial charge in [-0.1, -0.05) is 6.08 Å². The second-order valence-corrected chi connectivity index (χ2v) is 4.94. The molecule has 2 heteroatoms. The molecule has 0 bridgehead atoms. The molecule has 15 heavy (non-hydrogen) atoms. The molecule has 1 fully saturated rings. The zero-order chi connectivity index (χ0) is 11.7. The molecule has 0 amide bonds. The Bertz CT molecular complexity index is 283. The van der Waals surface area contributed by atoms with Gasteiger partial charge in [-0.05, 0) is 27.7 Å². The highest BCUT2D eigenvalue weighted by Gasteiger charge is 2.46. The van der Waals surface area contributed by atoms with Crippen LogP contribution in [0.2, 0.25) is 0 Å². The molecule has 0 aliphatic carbocycles. The average Bonchev–Trinajstić information content (AvgIpc) is 2.07. The van der Waals surface area contributed by atoms with Gasteiger partial charge in [-0.15, -0.1) is 18.9 Å². The number of ether oxygens (including phenoxy) is 2. The first-order chi connectivity index (χ1) is 6.82. The van der Waals surface area contributed by atoms with E-state index in [1.54, 1.807) is 0 Å². The minimum absolute atomic E-state index is 0.0419. The lowest BCUT2D eigenvalue weighted by atomic mass is 9.82. The average molecular weight is 208 g/mol. The normalized spacial score (nSPS) is 33.0. The summed E-state index contributed by atoms with van der Waals surface area (Å²) in [6, 6.07) is 0. The van der Waals surface area contributed by atoms with Gasteiger partial charge in [-0.25, -0.2) is 0 Å². The Morgan fingerprint density at radius 1 is 1.40 bits per heavy atom. The molecule has 1 aliphatic heterocycles. The van der Waals surface area contributed by atoms with Crippen molar-refractivity contribution in [3.8, 4) is 12.3 Å². The van der Waals surface area contributed by atoms with Gasteiger partial charge < -0.3 is 9.47 Å². The zero-order valence-electron chi connectivity index (χ0n) is 10.0. The van der Waals surface area contributed by atoms with Gasteiger partial charge in [0.1, 0.15) is 0 Å². The Hall–Kier alpha value is -0.780. The van der Waals surface area contributed by atoms with Crippen LogP contribution in [-0.4, -0.2) is 17.5 Å². The second-order valence-electron chi connectivity index (χ2n) is 4.94. The fourth-order valence-corrected chi connectivity index (χ4v) is 2.24. The maximum absolute atomic E-state index is 5.89. The predicted octanol–water partition coefficient (Wildman–Crippen LogP) is 2.74. The third-order valence-electron chi connectivity index (χ3n) is 2.79. The summed E-state index contributed by atoms with van der Waals surface area (Å²) in [5.74, 6) is 2.26. The van der Waals surface area contributed by atoms with Crippen molar-refractivity contribution in [2.45, 2.75) is 51.6 Å². The third kappa shape index (κ3) is 2.62. The van der Waals surface area contributed by atoms with Gasteiger partial charge in [0, 0.05) is 12.3 Å². The van der Waals surface area contributed by atoms with Gasteiger partial charge in [0.2, 0.25) is 0 Å². The largest absolute Gasteiger partial charge is 0.344 e. The van der Waals surface area contributed by atoms with E-state index in [2.05, 4.69) is 26.3 Å². The summed E-state index contributed by atoms with van der Waals surface area (Å²) in [6.45, 7) is 11.7. The molecule has 1 saturated heterocycles. The highest BCUT2D eigenvalue weighted by atomic mass is 16.7. The fraction of sp³-hybridized carbons (Fsp3) is 0.692. The zero-order valence-corrected chi connectivity index (χ0v) is 10.0. The van der Waals surface area contributed by atoms with Crippen molar-refractivity contribution >= 4 is 0 Å². The smallest absolute Gasteiger partial charge is 0.164 e. The summed E-state index contributed by atoms with van der Waals surface area (Å²) < 4.78 is 11.7. The number of terminal acetylenes is 1. The minimum Gasteiger partial charge on any atom is -0.344 e. The lowest BCUT2D eigenvalue weighted by Crippen LogP contribution is -2.55. The summed E-state index contributed by atoms with van der Waals surface area (Å²) in [4.78, 5) is 0. The van der Waals surface area contributed by atoms with Gasteiger partial charge in [-0.3, -0.25) is 0 Å². The second kappa shape index (κ2) is 4.00. The first-order valence-electron chi connectivity index (χ1n) is 5.26. The van der Waals surface area contributed by atoms with E-state index in [0.29, 0.717) is 6.42 Å². The van der Waals surface area contributed by atoms with Crippen molar-refractivity contribution in [3.05, 3.63) is 12.7 Å². The standard InChI is InChI=1S/C13H20O2/c1-7-9-10-11(8-2)14-13(5,6)15-12(10,3)4/h1,8,10-11H,2,9H2,3-6H3/t10-,11-/m0/s1. The van der Waals surface area contributed by atoms with Crippen LogP contribution in [0.15, 0.2) is 12.7 Å². The third-order valence-corrected chi connectivity index (χ3v) is 2.79. The van der Waals surface area contributed by atoms with Gasteiger partial charge >= 0.3 is 0 Å². The number of hydrogen-bond acceptors (Lipinski definition) is 2. The van der Waals surface area contributed by atoms with Crippen LogP contribution in [0.25, 0.3) is 0 Å². The van der Waals surface area contributed by atoms with Gasteiger partial charge in [0.25, 0.3) is 0 Å². The maximum Gasteiger partial charge on any atom is 0.164 e. The van der Waals surface area contributed by atoms with E-state index in [1.807, 2.05) is 19.9 Å². The van der Waals surface area contributed by atoms with E-state index in [4.69, 9.17) is 15.9 Å². The Labute approximate surface area is 92.6 Å². The molecule has 0 unspecified atom stereocenters. The van der Waals surface area contributed by atoms with E-state index in [-0.39, 0.29) is 17.6 Å². The maximum atomic E-state index is 5.89. The van der Waals surface area contributed by atoms with E-state index < -0.39 is 5.79 Å². The Balaban J connectivity index is 2.95. The Morgan fingerprint density at radius 2 is 2.00 bits per heavy atom. The summed E-state index contributed by atoms with van der Waals surface area (Å²) >= 11 is 0. The first-order valence-corrected chi connectivity index (χ1v) is 5.26. The summed E-state index contributed by atoms with van der Waals surface area (Å²) in [6.07, 6.45) is 7.78. The van der Waals surface area contributed by atoms with Crippen LogP contribution >= 0.6 is 0 Å². The molecular weight excluding hydrogens is 188 g/mol. The minimum atomic E-state index is -0.576. The topological polar surface area (TPSA) is 18.5 Å². The van der Waals surface area contributed by atoms with Crippen LogP contribution in [0, 0.1) is 18.3 Å². The quantitative estimate of drug-likeness (QED) is 0.513. The van der Waals surface area contributed by atoms with E-state index in [1.165, 1.54) is 0 Å². The molecule has 84 valence electrons. The van der Waals surface area contributed by atoms with Crippen LogP contribution in [0.5, 0.6) is 0 Å². The summed E-state index contributed by atoms with van der Waals surface area (Å²) in [7, 11) is 0. The molecule has 1 aliphatic rings. The van der Waals surface area contributed by atoms with Crippen LogP contribution < -0.4 is 0 Å². The Kier molecular flexibility index (Phi) is 3.28. The lowest BCUT2D eigenvalue weighted by molar-refractivity contribution is -0.338. The highest BCUT2D eigenvalue weighted by molar-refractivity contribution is 5.03. The SMILES string of the molecule is C#CC[C@H]1[C@H](C=C)OC(C)(C)OC1(C)C. The molecule has 0 aromatic heterocycles. The van der Waals surface area contributed by atoms with Crippen LogP contribution in [0.1, 0.15) is 34.1 Å². The van der Waals surface area contributed by atoms with Crippen LogP contribution in [-0.2, 0) is 9.47 Å². The number of hydrogen-bond donors (Lipinski definition) is 0. The van der Waals surface area contributed by atoms with Crippen molar-refractivity contribution in [2.24, 2.45) is 5.92 Å². The molecule has 0 aromatic carbocycles. The van der Waals surface area contributed by atoms with Crippen molar-refractivity contribution in [1.82, 2.24) is 0 Å². The van der Waals surface area contributed by atoms with Crippen LogP contribution in [0.3, 0.4) is 0 Å². The summed E-state index contributed by atoms with van der Waals surface area (Å²) in [5, 5.41) is 0. The molecule has 2 atom stereocenters. The van der Waals surface area contributed by atoms with Gasteiger partial charge in [0.05, 0.1) is 11.7 Å². The highest BCUT2D eigenvalue weighted by Crippen LogP contribution is 2.40. The first kappa shape index (κ1) is 12.3. The van der Waals surface area contributed by atoms with Crippen LogP contribution in [0.4, 0.5) is 0 Å². The molecule has 0 saturated carbocycles. The fourth-order valence-electron chi connectivity index (χ4n) is 2.24.